The minimum Gasteiger partial charge on any atom is -0.475 e. The molecular formula is C26H24F9N5O9S2. The van der Waals surface area contributed by atoms with Crippen LogP contribution in [0, 0.1) is 6.92 Å². The quantitative estimate of drug-likeness (QED) is 0.321. The Morgan fingerprint density at radius 2 is 1.35 bits per heavy atom. The number of nitrogens with zero attached hydrogens (tertiary/aromatic N) is 5. The third-order valence-corrected chi connectivity index (χ3v) is 9.06. The molecule has 1 saturated heterocycles. The number of carbonyl (C=O) groups is 3. The van der Waals surface area contributed by atoms with Crippen LogP contribution in [-0.4, -0.2) is 110 Å². The second-order valence-corrected chi connectivity index (χ2v) is 12.7. The molecule has 2 aliphatic rings. The molecule has 25 heteroatoms. The van der Waals surface area contributed by atoms with Crippen LogP contribution in [-0.2, 0) is 37.5 Å². The summed E-state index contributed by atoms with van der Waals surface area (Å²) in [6, 6.07) is 8.37. The Balaban J connectivity index is 0.000000352. The first-order valence-electron chi connectivity index (χ1n) is 13.4. The number of fused-ring (bicyclic) bond motifs is 2. The number of carboxylic acid groups (broad SMARTS) is 3. The number of alkyl halides is 9. The highest BCUT2D eigenvalue weighted by atomic mass is 32.2. The van der Waals surface area contributed by atoms with Crippen LogP contribution >= 0.6 is 11.3 Å². The number of pyridine rings is 2. The predicted molar refractivity (Wildman–Crippen MR) is 153 cm³/mol. The molecule has 2 atom stereocenters. The molecule has 14 nitrogen and oxygen atoms in total. The third-order valence-electron chi connectivity index (χ3n) is 6.25. The van der Waals surface area contributed by atoms with E-state index >= 15 is 0 Å². The number of thiazole rings is 1. The van der Waals surface area contributed by atoms with Crippen molar-refractivity contribution >= 4 is 39.3 Å². The summed E-state index contributed by atoms with van der Waals surface area (Å²) in [6.07, 6.45) is -12.3. The molecule has 3 N–H and O–H groups in total. The first kappa shape index (κ1) is 42.5. The first-order chi connectivity index (χ1) is 23.4. The Bertz CT molecular complexity index is 1700. The van der Waals surface area contributed by atoms with Gasteiger partial charge in [-0.1, -0.05) is 6.07 Å². The number of sulfonamides is 1. The third kappa shape index (κ3) is 12.6. The van der Waals surface area contributed by atoms with E-state index in [-0.39, 0.29) is 29.5 Å². The van der Waals surface area contributed by atoms with Crippen molar-refractivity contribution in [2.45, 2.75) is 55.6 Å². The van der Waals surface area contributed by atoms with E-state index in [9.17, 15) is 47.9 Å². The maximum Gasteiger partial charge on any atom is 0.490 e. The molecule has 3 aromatic rings. The fourth-order valence-electron chi connectivity index (χ4n) is 4.00. The first-order valence-corrected chi connectivity index (χ1v) is 15.7. The number of likely N-dealkylation sites (tertiary alicyclic amines) is 1. The molecule has 0 amide bonds. The van der Waals surface area contributed by atoms with Crippen LogP contribution < -0.4 is 4.74 Å². The van der Waals surface area contributed by atoms with E-state index in [0.29, 0.717) is 18.8 Å². The van der Waals surface area contributed by atoms with Crippen molar-refractivity contribution < 1.29 is 82.4 Å². The topological polar surface area (TPSA) is 200 Å². The Hall–Kier alpha value is -4.62. The van der Waals surface area contributed by atoms with Crippen molar-refractivity contribution in [1.82, 2.24) is 24.2 Å². The average Bonchev–Trinajstić information content (AvgIpc) is 3.58. The number of halogens is 9. The van der Waals surface area contributed by atoms with Crippen molar-refractivity contribution in [3.63, 3.8) is 0 Å². The van der Waals surface area contributed by atoms with E-state index in [1.807, 2.05) is 30.6 Å². The number of hydrogen-bond acceptors (Lipinski definition) is 11. The number of rotatable bonds is 4. The number of ether oxygens (including phenoxy) is 1. The average molecular weight is 786 g/mol. The van der Waals surface area contributed by atoms with Crippen molar-refractivity contribution in [3.8, 4) is 5.88 Å². The van der Waals surface area contributed by atoms with Gasteiger partial charge in [0.1, 0.15) is 11.0 Å². The van der Waals surface area contributed by atoms with Crippen LogP contribution in [0.1, 0.15) is 16.3 Å². The lowest BCUT2D eigenvalue weighted by atomic mass is 10.2. The van der Waals surface area contributed by atoms with Crippen LogP contribution in [0.2, 0.25) is 0 Å². The van der Waals surface area contributed by atoms with Gasteiger partial charge in [-0.25, -0.2) is 32.8 Å². The van der Waals surface area contributed by atoms with E-state index in [1.165, 1.54) is 9.18 Å². The minimum absolute atomic E-state index is 0.111. The molecule has 282 valence electrons. The summed E-state index contributed by atoms with van der Waals surface area (Å²) in [4.78, 5) is 43.1. The normalized spacial score (nSPS) is 18.4. The summed E-state index contributed by atoms with van der Waals surface area (Å²) in [5, 5.41) is 21.4. The van der Waals surface area contributed by atoms with Gasteiger partial charge in [0.15, 0.2) is 0 Å². The molecule has 0 radical (unpaired) electrons. The summed E-state index contributed by atoms with van der Waals surface area (Å²) in [6.45, 7) is 4.09. The van der Waals surface area contributed by atoms with Crippen molar-refractivity contribution in [2.75, 3.05) is 13.1 Å². The fraction of sp³-hybridized carbons (Fsp3) is 0.385. The number of carboxylic acids is 3. The molecule has 2 aliphatic heterocycles. The summed E-state index contributed by atoms with van der Waals surface area (Å²) in [5.41, 5.74) is 3.55. The van der Waals surface area contributed by atoms with Crippen molar-refractivity contribution in [2.24, 2.45) is 0 Å². The van der Waals surface area contributed by atoms with E-state index in [0.717, 1.165) is 12.2 Å². The molecule has 0 aromatic carbocycles. The molecule has 0 bridgehead atoms. The second-order valence-electron chi connectivity index (χ2n) is 9.87. The van der Waals surface area contributed by atoms with Gasteiger partial charge in [0.05, 0.1) is 29.5 Å². The van der Waals surface area contributed by atoms with Gasteiger partial charge in [-0.15, -0.1) is 11.3 Å². The standard InChI is InChI=1S/C20H21N5O3S2.3C2HF3O2/c1-14-18(29-13-23-14)12-24-10-16-17(11-24)28-20-19(6-4-8-22-20)30(26,27)25(16)9-15-5-2-3-7-21-15;3*3-2(4,5)1(6)7/h2-8,13,16-17H,9-12H2,1H3;3*(H,6,7). The molecule has 51 heavy (non-hydrogen) atoms. The summed E-state index contributed by atoms with van der Waals surface area (Å²) in [7, 11) is -3.80. The number of aliphatic carboxylic acids is 3. The van der Waals surface area contributed by atoms with Gasteiger partial charge in [0.2, 0.25) is 15.9 Å². The van der Waals surface area contributed by atoms with E-state index < -0.39 is 46.5 Å². The highest BCUT2D eigenvalue weighted by molar-refractivity contribution is 7.89. The van der Waals surface area contributed by atoms with Gasteiger partial charge >= 0.3 is 36.4 Å². The zero-order chi connectivity index (χ0) is 38.9. The zero-order valence-corrected chi connectivity index (χ0v) is 27.0. The minimum atomic E-state index is -5.08. The lowest BCUT2D eigenvalue weighted by Gasteiger charge is -2.27. The molecule has 5 rings (SSSR count). The second kappa shape index (κ2) is 17.1. The molecule has 5 heterocycles. The van der Waals surface area contributed by atoms with Gasteiger partial charge in [0, 0.05) is 36.9 Å². The monoisotopic (exact) mass is 785 g/mol. The van der Waals surface area contributed by atoms with Crippen molar-refractivity contribution in [3.05, 3.63) is 64.5 Å². The van der Waals surface area contributed by atoms with Crippen LogP contribution in [0.25, 0.3) is 0 Å². The van der Waals surface area contributed by atoms with Crippen LogP contribution in [0.3, 0.4) is 0 Å². The van der Waals surface area contributed by atoms with Crippen LogP contribution in [0.4, 0.5) is 39.5 Å². The molecule has 2 unspecified atom stereocenters. The lowest BCUT2D eigenvalue weighted by Crippen LogP contribution is -2.46. The molecule has 1 fully saturated rings. The smallest absolute Gasteiger partial charge is 0.475 e. The molecule has 0 saturated carbocycles. The van der Waals surface area contributed by atoms with Gasteiger partial charge in [-0.2, -0.15) is 43.8 Å². The zero-order valence-electron chi connectivity index (χ0n) is 25.3. The highest BCUT2D eigenvalue weighted by Crippen LogP contribution is 2.36. The molecule has 0 aliphatic carbocycles. The molecule has 3 aromatic heterocycles. The SMILES string of the molecule is Cc1ncsc1CN1CC2Oc3ncccc3S(=O)(=O)N(Cc3ccccn3)C2C1.O=C(O)C(F)(F)F.O=C(O)C(F)(F)F.O=C(O)C(F)(F)F. The lowest BCUT2D eigenvalue weighted by molar-refractivity contribution is -0.193. The Morgan fingerprint density at radius 1 is 0.824 bits per heavy atom. The summed E-state index contributed by atoms with van der Waals surface area (Å²) >= 11 is 1.62. The van der Waals surface area contributed by atoms with Gasteiger partial charge < -0.3 is 20.1 Å². The maximum absolute atomic E-state index is 13.6. The number of aryl methyl sites for hydroxylation is 1. The maximum atomic E-state index is 13.6. The van der Waals surface area contributed by atoms with Crippen LogP contribution in [0.5, 0.6) is 5.88 Å². The van der Waals surface area contributed by atoms with Gasteiger partial charge in [-0.3, -0.25) is 9.88 Å². The Morgan fingerprint density at radius 3 is 1.80 bits per heavy atom. The summed E-state index contributed by atoms with van der Waals surface area (Å²) < 4.78 is 130. The van der Waals surface area contributed by atoms with Crippen molar-refractivity contribution in [1.29, 1.82) is 0 Å². The largest absolute Gasteiger partial charge is 0.490 e. The number of aromatic nitrogens is 3. The Labute approximate surface area is 284 Å². The fourth-order valence-corrected chi connectivity index (χ4v) is 6.50. The van der Waals surface area contributed by atoms with E-state index in [4.69, 9.17) is 34.4 Å². The van der Waals surface area contributed by atoms with E-state index in [1.54, 1.807) is 35.9 Å². The number of hydrogen-bond donors (Lipinski definition) is 3. The van der Waals surface area contributed by atoms with Crippen LogP contribution in [0.15, 0.2) is 53.1 Å². The molecular weight excluding hydrogens is 761 g/mol. The van der Waals surface area contributed by atoms with Gasteiger partial charge in [0.25, 0.3) is 0 Å². The summed E-state index contributed by atoms with van der Waals surface area (Å²) in [5.74, 6) is -8.10. The predicted octanol–water partition coefficient (Wildman–Crippen LogP) is 3.98. The Kier molecular flexibility index (Phi) is 14.2. The van der Waals surface area contributed by atoms with E-state index in [2.05, 4.69) is 19.9 Å². The highest BCUT2D eigenvalue weighted by Gasteiger charge is 2.48. The van der Waals surface area contributed by atoms with Gasteiger partial charge in [-0.05, 0) is 31.2 Å². The molecule has 0 spiro atoms.